The van der Waals surface area contributed by atoms with Crippen molar-refractivity contribution in [2.75, 3.05) is 0 Å². The van der Waals surface area contributed by atoms with Crippen molar-refractivity contribution in [3.05, 3.63) is 59.7 Å². The number of aliphatic hydroxyl groups is 1. The van der Waals surface area contributed by atoms with Crippen molar-refractivity contribution >= 4 is 31.8 Å². The number of hydrogen-bond acceptors (Lipinski definition) is 1. The molecule has 2 heteroatoms. The van der Waals surface area contributed by atoms with Gasteiger partial charge in [0, 0.05) is 10.2 Å². The van der Waals surface area contributed by atoms with Crippen molar-refractivity contribution < 1.29 is 5.11 Å². The molecule has 0 radical (unpaired) electrons. The number of fused-ring (bicyclic) bond motifs is 2. The lowest BCUT2D eigenvalue weighted by molar-refractivity contribution is 0.0802. The Labute approximate surface area is 129 Å². The van der Waals surface area contributed by atoms with Crippen molar-refractivity contribution in [1.29, 1.82) is 0 Å². The molecule has 3 aromatic carbocycles. The average molecular weight is 294 g/mol. The molecule has 0 spiro atoms. The van der Waals surface area contributed by atoms with Crippen LogP contribution < -0.4 is 0 Å². The second-order valence-corrected chi connectivity index (χ2v) is 7.29. The fourth-order valence-electron chi connectivity index (χ4n) is 3.23. The predicted molar refractivity (Wildman–Crippen MR) is 95.1 cm³/mol. The van der Waals surface area contributed by atoms with Gasteiger partial charge in [-0.15, -0.1) is 0 Å². The van der Waals surface area contributed by atoms with E-state index in [-0.39, 0.29) is 0 Å². The molecule has 0 aliphatic rings. The normalized spacial score (nSPS) is 12.3. The van der Waals surface area contributed by atoms with Gasteiger partial charge in [-0.25, -0.2) is 0 Å². The van der Waals surface area contributed by atoms with Gasteiger partial charge in [0.2, 0.25) is 0 Å². The quantitative estimate of drug-likeness (QED) is 0.578. The molecule has 0 aliphatic carbocycles. The molecule has 0 aliphatic heterocycles. The summed E-state index contributed by atoms with van der Waals surface area (Å²) in [6.45, 7) is 3.73. The molecule has 3 aromatic rings. The zero-order chi connectivity index (χ0) is 15.0. The van der Waals surface area contributed by atoms with Crippen LogP contribution in [-0.4, -0.2) is 15.3 Å². The second-order valence-electron chi connectivity index (χ2n) is 6.29. The van der Waals surface area contributed by atoms with E-state index in [1.54, 1.807) is 0 Å². The van der Waals surface area contributed by atoms with Crippen LogP contribution in [0.15, 0.2) is 48.5 Å². The first-order chi connectivity index (χ1) is 10.0. The third-order valence-electron chi connectivity index (χ3n) is 4.18. The SMILES string of the molecule is CC(C)(O)c1cccc2c(CC[SiH3])c3ccccc3cc12. The monoisotopic (exact) mass is 294 g/mol. The van der Waals surface area contributed by atoms with Crippen molar-refractivity contribution in [2.24, 2.45) is 0 Å². The van der Waals surface area contributed by atoms with Crippen LogP contribution in [0.2, 0.25) is 6.04 Å². The van der Waals surface area contributed by atoms with Crippen molar-refractivity contribution in [2.45, 2.75) is 31.9 Å². The van der Waals surface area contributed by atoms with E-state index in [4.69, 9.17) is 0 Å². The Kier molecular flexibility index (Phi) is 3.60. The van der Waals surface area contributed by atoms with Gasteiger partial charge < -0.3 is 5.11 Å². The van der Waals surface area contributed by atoms with Gasteiger partial charge in [0.25, 0.3) is 0 Å². The first kappa shape index (κ1) is 14.3. The molecule has 3 rings (SSSR count). The van der Waals surface area contributed by atoms with Crippen LogP contribution in [0, 0.1) is 0 Å². The number of rotatable bonds is 3. The van der Waals surface area contributed by atoms with Crippen LogP contribution in [-0.2, 0) is 12.0 Å². The Morgan fingerprint density at radius 1 is 0.952 bits per heavy atom. The fourth-order valence-corrected chi connectivity index (χ4v) is 3.73. The molecule has 0 saturated carbocycles. The molecule has 108 valence electrons. The standard InChI is InChI=1S/C19H22OSi/c1-19(2,20)18-9-5-8-15-16(10-11-21)14-7-4-3-6-13(14)12-17(15)18/h3-9,12,20H,10-11H2,1-2,21H3. The molecule has 0 aromatic heterocycles. The van der Waals surface area contributed by atoms with Crippen LogP contribution >= 0.6 is 0 Å². The summed E-state index contributed by atoms with van der Waals surface area (Å²) in [4.78, 5) is 0. The zero-order valence-corrected chi connectivity index (χ0v) is 15.0. The van der Waals surface area contributed by atoms with Crippen LogP contribution in [0.4, 0.5) is 0 Å². The summed E-state index contributed by atoms with van der Waals surface area (Å²) < 4.78 is 0. The van der Waals surface area contributed by atoms with Crippen LogP contribution in [0.5, 0.6) is 0 Å². The molecule has 0 bridgehead atoms. The smallest absolute Gasteiger partial charge is 0.0846 e. The van der Waals surface area contributed by atoms with Crippen molar-refractivity contribution in [3.63, 3.8) is 0 Å². The Morgan fingerprint density at radius 3 is 2.38 bits per heavy atom. The first-order valence-electron chi connectivity index (χ1n) is 7.68. The maximum Gasteiger partial charge on any atom is 0.0846 e. The van der Waals surface area contributed by atoms with Gasteiger partial charge >= 0.3 is 0 Å². The van der Waals surface area contributed by atoms with Gasteiger partial charge in [-0.2, -0.15) is 0 Å². The molecular formula is C19H22OSi. The number of benzene rings is 3. The highest BCUT2D eigenvalue weighted by atomic mass is 28.1. The van der Waals surface area contributed by atoms with E-state index in [9.17, 15) is 5.11 Å². The Hall–Kier alpha value is -1.64. The Morgan fingerprint density at radius 2 is 1.67 bits per heavy atom. The lowest BCUT2D eigenvalue weighted by atomic mass is 9.88. The summed E-state index contributed by atoms with van der Waals surface area (Å²) in [6, 6.07) is 18.4. The summed E-state index contributed by atoms with van der Waals surface area (Å²) in [6.07, 6.45) is 1.12. The predicted octanol–water partition coefficient (Wildman–Crippen LogP) is 3.55. The topological polar surface area (TPSA) is 20.2 Å². The molecule has 0 fully saturated rings. The lowest BCUT2D eigenvalue weighted by Crippen LogP contribution is -2.16. The van der Waals surface area contributed by atoms with Gasteiger partial charge in [-0.3, -0.25) is 0 Å². The van der Waals surface area contributed by atoms with Crippen LogP contribution in [0.3, 0.4) is 0 Å². The molecule has 1 nitrogen and oxygen atoms in total. The molecule has 0 atom stereocenters. The highest BCUT2D eigenvalue weighted by molar-refractivity contribution is 6.09. The fraction of sp³-hybridized carbons (Fsp3) is 0.263. The van der Waals surface area contributed by atoms with E-state index in [1.165, 1.54) is 43.4 Å². The van der Waals surface area contributed by atoms with Gasteiger partial charge in [0.1, 0.15) is 0 Å². The van der Waals surface area contributed by atoms with E-state index >= 15 is 0 Å². The van der Waals surface area contributed by atoms with E-state index in [2.05, 4.69) is 42.5 Å². The van der Waals surface area contributed by atoms with E-state index < -0.39 is 5.60 Å². The summed E-state index contributed by atoms with van der Waals surface area (Å²) >= 11 is 0. The van der Waals surface area contributed by atoms with Gasteiger partial charge in [0.15, 0.2) is 0 Å². The number of aryl methyl sites for hydroxylation is 1. The summed E-state index contributed by atoms with van der Waals surface area (Å²) in [5, 5.41) is 15.6. The van der Waals surface area contributed by atoms with Crippen molar-refractivity contribution in [1.82, 2.24) is 0 Å². The average Bonchev–Trinajstić information content (AvgIpc) is 2.45. The molecule has 0 unspecified atom stereocenters. The Balaban J connectivity index is 2.47. The lowest BCUT2D eigenvalue weighted by Gasteiger charge is -2.22. The van der Waals surface area contributed by atoms with Crippen LogP contribution in [0.1, 0.15) is 25.0 Å². The minimum Gasteiger partial charge on any atom is -0.386 e. The van der Waals surface area contributed by atoms with E-state index in [0.29, 0.717) is 0 Å². The van der Waals surface area contributed by atoms with E-state index in [1.807, 2.05) is 19.9 Å². The largest absolute Gasteiger partial charge is 0.386 e. The van der Waals surface area contributed by atoms with E-state index in [0.717, 1.165) is 12.0 Å². The molecular weight excluding hydrogens is 272 g/mol. The third-order valence-corrected chi connectivity index (χ3v) is 4.68. The highest BCUT2D eigenvalue weighted by Crippen LogP contribution is 2.35. The van der Waals surface area contributed by atoms with Gasteiger partial charge in [-0.05, 0) is 59.0 Å². The first-order valence-corrected chi connectivity index (χ1v) is 9.10. The minimum absolute atomic E-state index is 0.819. The minimum atomic E-state index is -0.819. The third kappa shape index (κ3) is 2.50. The summed E-state index contributed by atoms with van der Waals surface area (Å²) in [5.41, 5.74) is 1.63. The van der Waals surface area contributed by atoms with Crippen LogP contribution in [0.25, 0.3) is 21.5 Å². The molecule has 0 amide bonds. The number of hydrogen-bond donors (Lipinski definition) is 1. The molecule has 0 heterocycles. The molecule has 0 saturated heterocycles. The van der Waals surface area contributed by atoms with Gasteiger partial charge in [-0.1, -0.05) is 48.5 Å². The van der Waals surface area contributed by atoms with Gasteiger partial charge in [0.05, 0.1) is 5.60 Å². The van der Waals surface area contributed by atoms with Crippen molar-refractivity contribution in [3.8, 4) is 0 Å². The maximum absolute atomic E-state index is 10.5. The second kappa shape index (κ2) is 5.28. The summed E-state index contributed by atoms with van der Waals surface area (Å²) in [7, 11) is 1.22. The maximum atomic E-state index is 10.5. The molecule has 21 heavy (non-hydrogen) atoms. The Bertz CT molecular complexity index is 800. The zero-order valence-electron chi connectivity index (χ0n) is 13.0. The highest BCUT2D eigenvalue weighted by Gasteiger charge is 2.20. The molecule has 1 N–H and O–H groups in total. The summed E-state index contributed by atoms with van der Waals surface area (Å²) in [5.74, 6) is 0.